The molecule has 0 radical (unpaired) electrons. The highest BCUT2D eigenvalue weighted by atomic mass is 32.3. The highest BCUT2D eigenvalue weighted by Gasteiger charge is 2.24. The predicted octanol–water partition coefficient (Wildman–Crippen LogP) is 3.75. The highest BCUT2D eigenvalue weighted by Crippen LogP contribution is 2.57. The predicted molar refractivity (Wildman–Crippen MR) is 75.2 cm³/mol. The van der Waals surface area contributed by atoms with Crippen molar-refractivity contribution >= 4 is 16.7 Å². The smallest absolute Gasteiger partial charge is 0.130 e. The van der Waals surface area contributed by atoms with Crippen molar-refractivity contribution in [1.82, 2.24) is 4.98 Å². The first kappa shape index (κ1) is 12.2. The monoisotopic (exact) mass is 275 g/mol. The van der Waals surface area contributed by atoms with Crippen molar-refractivity contribution < 1.29 is 13.8 Å². The summed E-state index contributed by atoms with van der Waals surface area (Å²) in [6.45, 7) is 0.352. The summed E-state index contributed by atoms with van der Waals surface area (Å²) in [6, 6.07) is 10.9. The van der Waals surface area contributed by atoms with Gasteiger partial charge in [-0.05, 0) is 30.3 Å². The molecule has 0 atom stereocenters. The van der Waals surface area contributed by atoms with E-state index in [4.69, 9.17) is 4.74 Å². The average molecular weight is 275 g/mol. The second-order valence-electron chi connectivity index (χ2n) is 4.17. The Hall–Kier alpha value is -1.82. The van der Waals surface area contributed by atoms with Crippen LogP contribution in [0.1, 0.15) is 11.3 Å². The first-order valence-corrected chi connectivity index (χ1v) is 7.40. The van der Waals surface area contributed by atoms with E-state index in [2.05, 4.69) is 4.98 Å². The van der Waals surface area contributed by atoms with Gasteiger partial charge in [-0.1, -0.05) is 12.1 Å². The van der Waals surface area contributed by atoms with E-state index in [1.54, 1.807) is 24.4 Å². The van der Waals surface area contributed by atoms with Crippen LogP contribution in [0.4, 0.5) is 0 Å². The molecule has 2 N–H and O–H groups in total. The Morgan fingerprint density at radius 3 is 2.79 bits per heavy atom. The standard InChI is InChI=1S/C14H13NO3S/c16-19(17)9-7-12-13(5-3-6-14(12)19)18-10-11-4-1-2-8-15-11/h1-9,16-17H,10H2. The molecule has 0 amide bonds. The largest absolute Gasteiger partial charge is 0.487 e. The first-order chi connectivity index (χ1) is 9.17. The summed E-state index contributed by atoms with van der Waals surface area (Å²) >= 11 is 0. The molecular formula is C14H13NO3S. The molecule has 1 aliphatic rings. The third kappa shape index (κ3) is 2.35. The summed E-state index contributed by atoms with van der Waals surface area (Å²) in [5, 5.41) is 1.42. The summed E-state index contributed by atoms with van der Waals surface area (Å²) in [5.41, 5.74) is 1.56. The van der Waals surface area contributed by atoms with Crippen LogP contribution in [0.15, 0.2) is 52.9 Å². The Kier molecular flexibility index (Phi) is 3.02. The van der Waals surface area contributed by atoms with E-state index in [1.165, 1.54) is 5.41 Å². The molecule has 0 unspecified atom stereocenters. The second kappa shape index (κ2) is 4.70. The van der Waals surface area contributed by atoms with Crippen molar-refractivity contribution in [3.8, 4) is 5.75 Å². The molecule has 0 fully saturated rings. The summed E-state index contributed by atoms with van der Waals surface area (Å²) in [4.78, 5) is 4.70. The number of ether oxygens (including phenoxy) is 1. The minimum atomic E-state index is -2.79. The fourth-order valence-electron chi connectivity index (χ4n) is 1.95. The minimum absolute atomic E-state index is 0.352. The van der Waals surface area contributed by atoms with E-state index in [1.807, 2.05) is 24.3 Å². The Morgan fingerprint density at radius 1 is 1.11 bits per heavy atom. The molecule has 1 aliphatic heterocycles. The van der Waals surface area contributed by atoms with E-state index in [0.717, 1.165) is 11.3 Å². The Balaban J connectivity index is 1.84. The van der Waals surface area contributed by atoms with Crippen molar-refractivity contribution in [2.75, 3.05) is 0 Å². The van der Waals surface area contributed by atoms with Crippen LogP contribution in [0.2, 0.25) is 0 Å². The lowest BCUT2D eigenvalue weighted by Crippen LogP contribution is -2.00. The van der Waals surface area contributed by atoms with Gasteiger partial charge in [0.25, 0.3) is 0 Å². The summed E-state index contributed by atoms with van der Waals surface area (Å²) in [6.07, 6.45) is 3.41. The van der Waals surface area contributed by atoms with E-state index >= 15 is 0 Å². The summed E-state index contributed by atoms with van der Waals surface area (Å²) < 4.78 is 25.4. The van der Waals surface area contributed by atoms with E-state index in [9.17, 15) is 9.11 Å². The number of hydrogen-bond acceptors (Lipinski definition) is 4. The average Bonchev–Trinajstić information content (AvgIpc) is 2.74. The van der Waals surface area contributed by atoms with Gasteiger partial charge in [0, 0.05) is 17.2 Å². The van der Waals surface area contributed by atoms with Crippen LogP contribution in [0.5, 0.6) is 5.75 Å². The van der Waals surface area contributed by atoms with Crippen LogP contribution in [0.25, 0.3) is 6.08 Å². The van der Waals surface area contributed by atoms with Crippen molar-refractivity contribution in [1.29, 1.82) is 0 Å². The molecule has 0 saturated carbocycles. The fourth-order valence-corrected chi connectivity index (χ4v) is 3.19. The molecular weight excluding hydrogens is 262 g/mol. The zero-order valence-electron chi connectivity index (χ0n) is 10.1. The maximum absolute atomic E-state index is 9.84. The molecule has 0 aliphatic carbocycles. The Labute approximate surface area is 112 Å². The summed E-state index contributed by atoms with van der Waals surface area (Å²) in [7, 11) is -2.79. The maximum Gasteiger partial charge on any atom is 0.130 e. The molecule has 1 aromatic heterocycles. The first-order valence-electron chi connectivity index (χ1n) is 5.79. The van der Waals surface area contributed by atoms with Gasteiger partial charge in [0.15, 0.2) is 0 Å². The van der Waals surface area contributed by atoms with Gasteiger partial charge in [0.1, 0.15) is 12.4 Å². The lowest BCUT2D eigenvalue weighted by atomic mass is 10.2. The number of hydrogen-bond donors (Lipinski definition) is 2. The van der Waals surface area contributed by atoms with Crippen molar-refractivity contribution in [3.63, 3.8) is 0 Å². The molecule has 2 aromatic rings. The molecule has 0 spiro atoms. The van der Waals surface area contributed by atoms with E-state index in [-0.39, 0.29) is 0 Å². The van der Waals surface area contributed by atoms with Crippen molar-refractivity contribution in [2.24, 2.45) is 0 Å². The molecule has 98 valence electrons. The lowest BCUT2D eigenvalue weighted by Gasteiger charge is -2.25. The zero-order valence-corrected chi connectivity index (χ0v) is 10.9. The van der Waals surface area contributed by atoms with Crippen LogP contribution >= 0.6 is 10.6 Å². The number of rotatable bonds is 3. The van der Waals surface area contributed by atoms with Gasteiger partial charge < -0.3 is 4.74 Å². The molecule has 0 bridgehead atoms. The Bertz CT molecular complexity index is 626. The van der Waals surface area contributed by atoms with Crippen LogP contribution in [0.3, 0.4) is 0 Å². The van der Waals surface area contributed by atoms with Crippen molar-refractivity contribution in [2.45, 2.75) is 11.5 Å². The van der Waals surface area contributed by atoms with Gasteiger partial charge in [-0.15, -0.1) is 10.6 Å². The van der Waals surface area contributed by atoms with Crippen LogP contribution in [-0.4, -0.2) is 14.1 Å². The molecule has 1 aromatic carbocycles. The van der Waals surface area contributed by atoms with E-state index < -0.39 is 10.6 Å². The maximum atomic E-state index is 9.84. The zero-order chi connectivity index (χ0) is 13.3. The third-order valence-corrected chi connectivity index (χ3v) is 4.39. The van der Waals surface area contributed by atoms with Crippen LogP contribution in [-0.2, 0) is 6.61 Å². The van der Waals surface area contributed by atoms with Gasteiger partial charge in [0.05, 0.1) is 10.6 Å². The number of aromatic nitrogens is 1. The van der Waals surface area contributed by atoms with Gasteiger partial charge in [-0.3, -0.25) is 14.1 Å². The fraction of sp³-hybridized carbons (Fsp3) is 0.0714. The number of fused-ring (bicyclic) bond motifs is 1. The van der Waals surface area contributed by atoms with Gasteiger partial charge in [-0.2, -0.15) is 0 Å². The SMILES string of the molecule is OS1(O)C=Cc2c(OCc3ccccn3)cccc21. The van der Waals surface area contributed by atoms with Crippen LogP contribution < -0.4 is 4.74 Å². The number of nitrogens with zero attached hydrogens (tertiary/aromatic N) is 1. The van der Waals surface area contributed by atoms with E-state index in [0.29, 0.717) is 17.3 Å². The minimum Gasteiger partial charge on any atom is -0.487 e. The number of pyridine rings is 1. The second-order valence-corrected chi connectivity index (χ2v) is 6.07. The molecule has 19 heavy (non-hydrogen) atoms. The Morgan fingerprint density at radius 2 is 2.00 bits per heavy atom. The molecule has 5 heteroatoms. The normalized spacial score (nSPS) is 16.9. The highest BCUT2D eigenvalue weighted by molar-refractivity contribution is 8.27. The van der Waals surface area contributed by atoms with Crippen LogP contribution in [0, 0.1) is 0 Å². The van der Waals surface area contributed by atoms with Crippen molar-refractivity contribution in [3.05, 3.63) is 59.3 Å². The van der Waals surface area contributed by atoms with Gasteiger partial charge >= 0.3 is 0 Å². The lowest BCUT2D eigenvalue weighted by molar-refractivity contribution is 0.300. The third-order valence-electron chi connectivity index (χ3n) is 2.88. The summed E-state index contributed by atoms with van der Waals surface area (Å²) in [5.74, 6) is 0.636. The topological polar surface area (TPSA) is 62.6 Å². The molecule has 3 rings (SSSR count). The molecule has 2 heterocycles. The van der Waals surface area contributed by atoms with Gasteiger partial charge in [-0.25, -0.2) is 0 Å². The number of benzene rings is 1. The quantitative estimate of drug-likeness (QED) is 0.895. The van der Waals surface area contributed by atoms with Gasteiger partial charge in [0.2, 0.25) is 0 Å². The molecule has 4 nitrogen and oxygen atoms in total. The molecule has 0 saturated heterocycles.